The molecule has 15 heavy (non-hydrogen) atoms. The van der Waals surface area contributed by atoms with Gasteiger partial charge in [-0.15, -0.1) is 0 Å². The second kappa shape index (κ2) is 3.43. The highest BCUT2D eigenvalue weighted by molar-refractivity contribution is 6.33. The summed E-state index contributed by atoms with van der Waals surface area (Å²) in [5, 5.41) is 0.386. The van der Waals surface area contributed by atoms with Crippen LogP contribution >= 0.6 is 11.6 Å². The first-order valence-electron chi connectivity index (χ1n) is 4.81. The van der Waals surface area contributed by atoms with E-state index in [1.165, 1.54) is 6.33 Å². The van der Waals surface area contributed by atoms with Gasteiger partial charge in [-0.25, -0.2) is 15.0 Å². The van der Waals surface area contributed by atoms with Crippen LogP contribution in [0.15, 0.2) is 12.7 Å². The van der Waals surface area contributed by atoms with Crippen LogP contribution in [0, 0.1) is 0 Å². The Balaban J connectivity index is 2.15. The maximum absolute atomic E-state index is 5.91. The summed E-state index contributed by atoms with van der Waals surface area (Å²) in [6, 6.07) is 0. The van der Waals surface area contributed by atoms with Crippen LogP contribution in [0.4, 0.5) is 0 Å². The van der Waals surface area contributed by atoms with E-state index in [0.717, 1.165) is 25.1 Å². The molecule has 1 aliphatic rings. The minimum atomic E-state index is 0.0426. The van der Waals surface area contributed by atoms with Gasteiger partial charge >= 0.3 is 0 Å². The fraction of sp³-hybridized carbons (Fsp3) is 0.444. The molecule has 2 aromatic rings. The average molecular weight is 225 g/mol. The van der Waals surface area contributed by atoms with Crippen molar-refractivity contribution in [3.05, 3.63) is 17.8 Å². The van der Waals surface area contributed by atoms with Crippen molar-refractivity contribution in [2.45, 2.75) is 19.1 Å². The first kappa shape index (κ1) is 9.06. The van der Waals surface area contributed by atoms with Gasteiger partial charge in [-0.1, -0.05) is 11.6 Å². The molecule has 0 bridgehead atoms. The molecule has 0 saturated carbocycles. The molecule has 0 spiro atoms. The van der Waals surface area contributed by atoms with Gasteiger partial charge in [0.25, 0.3) is 0 Å². The molecule has 6 heteroatoms. The molecular formula is C9H9ClN4O. The molecule has 0 radical (unpaired) electrons. The fourth-order valence-electron chi connectivity index (χ4n) is 1.81. The van der Waals surface area contributed by atoms with Crippen molar-refractivity contribution in [1.82, 2.24) is 19.5 Å². The highest BCUT2D eigenvalue weighted by atomic mass is 35.5. The molecule has 5 nitrogen and oxygen atoms in total. The van der Waals surface area contributed by atoms with Gasteiger partial charge in [0, 0.05) is 6.61 Å². The molecule has 3 rings (SSSR count). The Kier molecular flexibility index (Phi) is 2.07. The van der Waals surface area contributed by atoms with Crippen LogP contribution in [-0.4, -0.2) is 26.1 Å². The summed E-state index contributed by atoms with van der Waals surface area (Å²) in [4.78, 5) is 12.2. The Morgan fingerprint density at radius 2 is 2.33 bits per heavy atom. The molecule has 0 N–H and O–H groups in total. The Morgan fingerprint density at radius 1 is 1.40 bits per heavy atom. The summed E-state index contributed by atoms with van der Waals surface area (Å²) < 4.78 is 7.48. The molecule has 1 atom stereocenters. The summed E-state index contributed by atoms with van der Waals surface area (Å²) in [6.45, 7) is 0.795. The number of ether oxygens (including phenoxy) is 1. The zero-order valence-corrected chi connectivity index (χ0v) is 8.68. The number of aromatic nitrogens is 4. The first-order chi connectivity index (χ1) is 7.36. The van der Waals surface area contributed by atoms with Crippen LogP contribution in [0.2, 0.25) is 5.15 Å². The van der Waals surface area contributed by atoms with E-state index in [9.17, 15) is 0 Å². The lowest BCUT2D eigenvalue weighted by atomic mass is 10.3. The fourth-order valence-corrected chi connectivity index (χ4v) is 1.99. The average Bonchev–Trinajstić information content (AvgIpc) is 2.85. The largest absolute Gasteiger partial charge is 0.358 e. The van der Waals surface area contributed by atoms with Gasteiger partial charge in [-0.05, 0) is 12.8 Å². The van der Waals surface area contributed by atoms with E-state index in [4.69, 9.17) is 16.3 Å². The monoisotopic (exact) mass is 224 g/mol. The van der Waals surface area contributed by atoms with Crippen molar-refractivity contribution in [3.8, 4) is 0 Å². The van der Waals surface area contributed by atoms with Gasteiger partial charge in [-0.2, -0.15) is 0 Å². The van der Waals surface area contributed by atoms with E-state index in [1.807, 2.05) is 4.57 Å². The molecule has 1 aliphatic heterocycles. The maximum atomic E-state index is 5.91. The van der Waals surface area contributed by atoms with Gasteiger partial charge in [0.05, 0.1) is 6.33 Å². The zero-order valence-electron chi connectivity index (χ0n) is 7.93. The van der Waals surface area contributed by atoms with Crippen LogP contribution in [0.3, 0.4) is 0 Å². The van der Waals surface area contributed by atoms with Crippen molar-refractivity contribution in [2.75, 3.05) is 6.61 Å². The van der Waals surface area contributed by atoms with Gasteiger partial charge < -0.3 is 4.74 Å². The van der Waals surface area contributed by atoms with Gasteiger partial charge in [-0.3, -0.25) is 4.57 Å². The smallest absolute Gasteiger partial charge is 0.166 e. The number of hydrogen-bond acceptors (Lipinski definition) is 4. The molecular weight excluding hydrogens is 216 g/mol. The third-order valence-corrected chi connectivity index (χ3v) is 2.81. The Bertz CT molecular complexity index is 492. The summed E-state index contributed by atoms with van der Waals surface area (Å²) in [5.41, 5.74) is 1.37. The van der Waals surface area contributed by atoms with E-state index in [-0.39, 0.29) is 6.23 Å². The number of hydrogen-bond donors (Lipinski definition) is 0. The molecule has 0 aliphatic carbocycles. The molecule has 3 heterocycles. The topological polar surface area (TPSA) is 52.8 Å². The van der Waals surface area contributed by atoms with Crippen molar-refractivity contribution >= 4 is 22.8 Å². The minimum Gasteiger partial charge on any atom is -0.358 e. The molecule has 0 unspecified atom stereocenters. The normalized spacial score (nSPS) is 21.3. The second-order valence-corrected chi connectivity index (χ2v) is 3.81. The lowest BCUT2D eigenvalue weighted by molar-refractivity contribution is 0.0593. The molecule has 0 aromatic carbocycles. The molecule has 2 aromatic heterocycles. The second-order valence-electron chi connectivity index (χ2n) is 3.46. The predicted octanol–water partition coefficient (Wildman–Crippen LogP) is 1.79. The Hall–Kier alpha value is -1.20. The number of nitrogens with zero attached hydrogens (tertiary/aromatic N) is 4. The zero-order chi connectivity index (χ0) is 10.3. The van der Waals surface area contributed by atoms with Crippen LogP contribution in [-0.2, 0) is 4.74 Å². The van der Waals surface area contributed by atoms with Crippen LogP contribution in [0.5, 0.6) is 0 Å². The number of fused-ring (bicyclic) bond motifs is 1. The van der Waals surface area contributed by atoms with Crippen molar-refractivity contribution in [2.24, 2.45) is 0 Å². The molecule has 1 saturated heterocycles. The van der Waals surface area contributed by atoms with Crippen molar-refractivity contribution in [1.29, 1.82) is 0 Å². The summed E-state index contributed by atoms with van der Waals surface area (Å²) in [6.07, 6.45) is 5.26. The lowest BCUT2D eigenvalue weighted by Crippen LogP contribution is -2.06. The van der Waals surface area contributed by atoms with Crippen LogP contribution in [0.25, 0.3) is 11.2 Å². The summed E-state index contributed by atoms with van der Waals surface area (Å²) in [7, 11) is 0. The minimum absolute atomic E-state index is 0.0426. The lowest BCUT2D eigenvalue weighted by Gasteiger charge is -2.10. The quantitative estimate of drug-likeness (QED) is 0.693. The Labute approximate surface area is 91.1 Å². The number of rotatable bonds is 1. The number of imidazole rings is 1. The van der Waals surface area contributed by atoms with Crippen molar-refractivity contribution < 1.29 is 4.74 Å². The van der Waals surface area contributed by atoms with Gasteiger partial charge in [0.15, 0.2) is 10.8 Å². The van der Waals surface area contributed by atoms with E-state index >= 15 is 0 Å². The maximum Gasteiger partial charge on any atom is 0.166 e. The highest BCUT2D eigenvalue weighted by Crippen LogP contribution is 2.27. The summed E-state index contributed by atoms with van der Waals surface area (Å²) in [5.74, 6) is 0. The standard InChI is InChI=1S/C9H9ClN4O/c10-8-7-9(12-4-11-8)14(5-13-7)6-2-1-3-15-6/h4-6H,1-3H2/t6-/m1/s1. The summed E-state index contributed by atoms with van der Waals surface area (Å²) >= 11 is 5.91. The molecule has 78 valence electrons. The highest BCUT2D eigenvalue weighted by Gasteiger charge is 2.20. The third kappa shape index (κ3) is 1.39. The van der Waals surface area contributed by atoms with Crippen LogP contribution < -0.4 is 0 Å². The van der Waals surface area contributed by atoms with Crippen molar-refractivity contribution in [3.63, 3.8) is 0 Å². The van der Waals surface area contributed by atoms with E-state index in [2.05, 4.69) is 15.0 Å². The predicted molar refractivity (Wildman–Crippen MR) is 54.6 cm³/mol. The number of halogens is 1. The third-order valence-electron chi connectivity index (χ3n) is 2.53. The first-order valence-corrected chi connectivity index (χ1v) is 5.18. The van der Waals surface area contributed by atoms with E-state index in [0.29, 0.717) is 10.7 Å². The van der Waals surface area contributed by atoms with E-state index in [1.54, 1.807) is 6.33 Å². The van der Waals surface area contributed by atoms with Gasteiger partial charge in [0.2, 0.25) is 0 Å². The van der Waals surface area contributed by atoms with Crippen LogP contribution in [0.1, 0.15) is 19.1 Å². The van der Waals surface area contributed by atoms with Gasteiger partial charge in [0.1, 0.15) is 18.1 Å². The Morgan fingerprint density at radius 3 is 3.13 bits per heavy atom. The molecule has 1 fully saturated rings. The molecule has 0 amide bonds. The van der Waals surface area contributed by atoms with E-state index < -0.39 is 0 Å². The SMILES string of the molecule is Clc1ncnc2c1ncn2[C@H]1CCCO1.